The van der Waals surface area contributed by atoms with Gasteiger partial charge in [0.1, 0.15) is 0 Å². The Kier molecular flexibility index (Phi) is 4.14. The standard InChI is InChI=1S/C15H30N2/c1-12(2)17-11-15(3,4)16-10-14(17)13-8-6-5-7-9-13/h12-14,16H,5-11H2,1-4H3. The molecule has 2 heteroatoms. The van der Waals surface area contributed by atoms with Gasteiger partial charge in [-0.1, -0.05) is 19.3 Å². The molecule has 2 rings (SSSR count). The Morgan fingerprint density at radius 2 is 1.76 bits per heavy atom. The van der Waals surface area contributed by atoms with Gasteiger partial charge in [-0.25, -0.2) is 0 Å². The van der Waals surface area contributed by atoms with Crippen molar-refractivity contribution in [3.63, 3.8) is 0 Å². The maximum atomic E-state index is 3.75. The number of hydrogen-bond acceptors (Lipinski definition) is 2. The van der Waals surface area contributed by atoms with Crippen LogP contribution in [-0.4, -0.2) is 35.6 Å². The molecule has 1 saturated carbocycles. The van der Waals surface area contributed by atoms with E-state index in [0.29, 0.717) is 6.04 Å². The predicted molar refractivity (Wildman–Crippen MR) is 74.3 cm³/mol. The Labute approximate surface area is 107 Å². The van der Waals surface area contributed by atoms with Gasteiger partial charge >= 0.3 is 0 Å². The summed E-state index contributed by atoms with van der Waals surface area (Å²) in [7, 11) is 0. The lowest BCUT2D eigenvalue weighted by molar-refractivity contribution is 0.0252. The van der Waals surface area contributed by atoms with E-state index in [0.717, 1.165) is 12.0 Å². The summed E-state index contributed by atoms with van der Waals surface area (Å²) < 4.78 is 0. The molecule has 2 nitrogen and oxygen atoms in total. The molecule has 0 aromatic rings. The maximum Gasteiger partial charge on any atom is 0.0253 e. The topological polar surface area (TPSA) is 15.3 Å². The highest BCUT2D eigenvalue weighted by Gasteiger charge is 2.37. The fraction of sp³-hybridized carbons (Fsp3) is 1.00. The molecule has 1 atom stereocenters. The third-order valence-electron chi connectivity index (χ3n) is 4.65. The molecule has 0 bridgehead atoms. The minimum atomic E-state index is 0.287. The zero-order chi connectivity index (χ0) is 12.5. The van der Waals surface area contributed by atoms with Gasteiger partial charge in [-0.15, -0.1) is 0 Å². The lowest BCUT2D eigenvalue weighted by Crippen LogP contribution is -2.65. The molecule has 0 aromatic carbocycles. The summed E-state index contributed by atoms with van der Waals surface area (Å²) in [6.45, 7) is 11.8. The molecule has 1 N–H and O–H groups in total. The first kappa shape index (κ1) is 13.4. The maximum absolute atomic E-state index is 3.75. The average molecular weight is 238 g/mol. The molecule has 1 heterocycles. The highest BCUT2D eigenvalue weighted by molar-refractivity contribution is 4.96. The quantitative estimate of drug-likeness (QED) is 0.795. The van der Waals surface area contributed by atoms with Gasteiger partial charge in [0, 0.05) is 30.7 Å². The number of nitrogens with zero attached hydrogens (tertiary/aromatic N) is 1. The summed E-state index contributed by atoms with van der Waals surface area (Å²) in [6.07, 6.45) is 7.28. The Morgan fingerprint density at radius 3 is 2.35 bits per heavy atom. The molecule has 100 valence electrons. The molecule has 1 aliphatic heterocycles. The van der Waals surface area contributed by atoms with E-state index in [1.54, 1.807) is 0 Å². The van der Waals surface area contributed by atoms with Crippen molar-refractivity contribution in [2.75, 3.05) is 13.1 Å². The van der Waals surface area contributed by atoms with E-state index in [-0.39, 0.29) is 5.54 Å². The molecule has 1 saturated heterocycles. The van der Waals surface area contributed by atoms with Crippen LogP contribution in [0.4, 0.5) is 0 Å². The van der Waals surface area contributed by atoms with Crippen LogP contribution >= 0.6 is 0 Å². The van der Waals surface area contributed by atoms with Crippen molar-refractivity contribution < 1.29 is 0 Å². The highest BCUT2D eigenvalue weighted by atomic mass is 15.3. The number of rotatable bonds is 2. The van der Waals surface area contributed by atoms with Gasteiger partial charge in [0.05, 0.1) is 0 Å². The third kappa shape index (κ3) is 3.23. The largest absolute Gasteiger partial charge is 0.309 e. The molecule has 1 aliphatic carbocycles. The van der Waals surface area contributed by atoms with Crippen LogP contribution < -0.4 is 5.32 Å². The van der Waals surface area contributed by atoms with Crippen molar-refractivity contribution in [2.45, 2.75) is 77.4 Å². The Bertz CT molecular complexity index is 241. The average Bonchev–Trinajstić information content (AvgIpc) is 2.29. The summed E-state index contributed by atoms with van der Waals surface area (Å²) in [4.78, 5) is 2.76. The molecule has 0 amide bonds. The summed E-state index contributed by atoms with van der Waals surface area (Å²) in [5.41, 5.74) is 0.287. The minimum absolute atomic E-state index is 0.287. The van der Waals surface area contributed by atoms with Crippen molar-refractivity contribution >= 4 is 0 Å². The Hall–Kier alpha value is -0.0800. The van der Waals surface area contributed by atoms with Crippen LogP contribution in [0.5, 0.6) is 0 Å². The third-order valence-corrected chi connectivity index (χ3v) is 4.65. The second-order valence-electron chi connectivity index (χ2n) is 7.00. The summed E-state index contributed by atoms with van der Waals surface area (Å²) in [6, 6.07) is 1.46. The van der Waals surface area contributed by atoms with E-state index in [9.17, 15) is 0 Å². The summed E-state index contributed by atoms with van der Waals surface area (Å²) in [5, 5.41) is 3.75. The van der Waals surface area contributed by atoms with Crippen molar-refractivity contribution in [3.05, 3.63) is 0 Å². The van der Waals surface area contributed by atoms with Gasteiger partial charge in [0.15, 0.2) is 0 Å². The zero-order valence-electron chi connectivity index (χ0n) is 12.1. The molecular formula is C15H30N2. The highest BCUT2D eigenvalue weighted by Crippen LogP contribution is 2.32. The molecule has 2 fully saturated rings. The molecule has 17 heavy (non-hydrogen) atoms. The lowest BCUT2D eigenvalue weighted by Gasteiger charge is -2.50. The van der Waals surface area contributed by atoms with Crippen LogP contribution in [0.1, 0.15) is 59.8 Å². The van der Waals surface area contributed by atoms with E-state index in [2.05, 4.69) is 37.9 Å². The smallest absolute Gasteiger partial charge is 0.0253 e. The lowest BCUT2D eigenvalue weighted by atomic mass is 9.80. The van der Waals surface area contributed by atoms with Gasteiger partial charge in [-0.2, -0.15) is 0 Å². The number of hydrogen-bond donors (Lipinski definition) is 1. The number of piperazine rings is 1. The monoisotopic (exact) mass is 238 g/mol. The van der Waals surface area contributed by atoms with Crippen molar-refractivity contribution in [1.29, 1.82) is 0 Å². The first-order valence-corrected chi connectivity index (χ1v) is 7.50. The normalized spacial score (nSPS) is 31.9. The number of nitrogens with one attached hydrogen (secondary N) is 1. The van der Waals surface area contributed by atoms with E-state index < -0.39 is 0 Å². The predicted octanol–water partition coefficient (Wildman–Crippen LogP) is 3.03. The van der Waals surface area contributed by atoms with Gasteiger partial charge in [-0.3, -0.25) is 4.90 Å². The van der Waals surface area contributed by atoms with Gasteiger partial charge in [0.25, 0.3) is 0 Å². The Balaban J connectivity index is 2.04. The Morgan fingerprint density at radius 1 is 1.12 bits per heavy atom. The van der Waals surface area contributed by atoms with Gasteiger partial charge in [0.2, 0.25) is 0 Å². The molecule has 1 unspecified atom stereocenters. The van der Waals surface area contributed by atoms with E-state index >= 15 is 0 Å². The van der Waals surface area contributed by atoms with Crippen molar-refractivity contribution in [1.82, 2.24) is 10.2 Å². The fourth-order valence-electron chi connectivity index (χ4n) is 3.65. The summed E-state index contributed by atoms with van der Waals surface area (Å²) >= 11 is 0. The van der Waals surface area contributed by atoms with Crippen molar-refractivity contribution in [2.24, 2.45) is 5.92 Å². The minimum Gasteiger partial charge on any atom is -0.309 e. The van der Waals surface area contributed by atoms with Crippen LogP contribution in [0.15, 0.2) is 0 Å². The van der Waals surface area contributed by atoms with Crippen LogP contribution in [0.3, 0.4) is 0 Å². The first-order valence-electron chi connectivity index (χ1n) is 7.50. The van der Waals surface area contributed by atoms with E-state index in [1.807, 2.05) is 0 Å². The van der Waals surface area contributed by atoms with E-state index in [4.69, 9.17) is 0 Å². The zero-order valence-corrected chi connectivity index (χ0v) is 12.1. The van der Waals surface area contributed by atoms with Crippen LogP contribution in [0, 0.1) is 5.92 Å². The molecular weight excluding hydrogens is 208 g/mol. The van der Waals surface area contributed by atoms with Crippen LogP contribution in [-0.2, 0) is 0 Å². The van der Waals surface area contributed by atoms with E-state index in [1.165, 1.54) is 45.2 Å². The van der Waals surface area contributed by atoms with Crippen LogP contribution in [0.25, 0.3) is 0 Å². The van der Waals surface area contributed by atoms with Crippen LogP contribution in [0.2, 0.25) is 0 Å². The van der Waals surface area contributed by atoms with Gasteiger partial charge in [-0.05, 0) is 46.5 Å². The SMILES string of the molecule is CC(C)N1CC(C)(C)NCC1C1CCCCC1. The first-order chi connectivity index (χ1) is 7.99. The summed E-state index contributed by atoms with van der Waals surface area (Å²) in [5.74, 6) is 0.940. The molecule has 0 radical (unpaired) electrons. The molecule has 2 aliphatic rings. The molecule has 0 spiro atoms. The second-order valence-corrected chi connectivity index (χ2v) is 7.00. The fourth-order valence-corrected chi connectivity index (χ4v) is 3.65. The molecule has 0 aromatic heterocycles. The van der Waals surface area contributed by atoms with Crippen molar-refractivity contribution in [3.8, 4) is 0 Å². The van der Waals surface area contributed by atoms with Gasteiger partial charge < -0.3 is 5.32 Å². The second kappa shape index (κ2) is 5.27.